The number of hydrogen-bond donors (Lipinski definition) is 0. The van der Waals surface area contributed by atoms with Crippen molar-refractivity contribution in [2.75, 3.05) is 0 Å². The second-order valence-electron chi connectivity index (χ2n) is 3.57. The molecule has 0 saturated heterocycles. The maximum atomic E-state index is 13.1. The fourth-order valence-corrected chi connectivity index (χ4v) is 1.42. The van der Waals surface area contributed by atoms with Crippen molar-refractivity contribution in [3.63, 3.8) is 0 Å². The van der Waals surface area contributed by atoms with E-state index in [2.05, 4.69) is 11.9 Å². The van der Waals surface area contributed by atoms with E-state index in [-0.39, 0.29) is 11.5 Å². The molecule has 0 saturated carbocycles. The highest BCUT2D eigenvalue weighted by Gasteiger charge is 2.11. The summed E-state index contributed by atoms with van der Waals surface area (Å²) < 4.78 is 13.1. The molecule has 0 aliphatic carbocycles. The van der Waals surface area contributed by atoms with Gasteiger partial charge in [0.2, 0.25) is 0 Å². The topological polar surface area (TPSA) is 30.0 Å². The molecule has 1 aromatic rings. The summed E-state index contributed by atoms with van der Waals surface area (Å²) >= 11 is 0. The third-order valence-electron chi connectivity index (χ3n) is 2.28. The van der Waals surface area contributed by atoms with Gasteiger partial charge in [0.05, 0.1) is 0 Å². The van der Waals surface area contributed by atoms with Gasteiger partial charge in [-0.05, 0) is 18.6 Å². The highest BCUT2D eigenvalue weighted by molar-refractivity contribution is 5.94. The fraction of sp³-hybridized carbons (Fsp3) is 0.500. The molecule has 3 heteroatoms. The number of unbranched alkanes of at least 4 members (excludes halogenated alkanes) is 3. The first-order valence-electron chi connectivity index (χ1n) is 5.39. The molecule has 0 fully saturated rings. The number of nitrogens with zero attached hydrogens (tertiary/aromatic N) is 1. The zero-order valence-corrected chi connectivity index (χ0v) is 9.00. The zero-order chi connectivity index (χ0) is 11.1. The van der Waals surface area contributed by atoms with Gasteiger partial charge in [-0.3, -0.25) is 9.78 Å². The smallest absolute Gasteiger partial charge is 0.184 e. The minimum Gasteiger partial charge on any atom is -0.292 e. The van der Waals surface area contributed by atoms with Crippen LogP contribution in [-0.4, -0.2) is 10.8 Å². The summed E-state index contributed by atoms with van der Waals surface area (Å²) in [6, 6.07) is 2.76. The van der Waals surface area contributed by atoms with E-state index < -0.39 is 5.82 Å². The Kier molecular flexibility index (Phi) is 4.95. The van der Waals surface area contributed by atoms with Crippen molar-refractivity contribution in [3.8, 4) is 0 Å². The third-order valence-corrected chi connectivity index (χ3v) is 2.28. The molecule has 1 heterocycles. The number of Topliss-reactive ketones (excluding diaryl/α,β-unsaturated/α-hetero) is 1. The third kappa shape index (κ3) is 3.78. The van der Waals surface area contributed by atoms with Gasteiger partial charge >= 0.3 is 0 Å². The normalized spacial score (nSPS) is 10.3. The van der Waals surface area contributed by atoms with E-state index in [0.29, 0.717) is 6.42 Å². The van der Waals surface area contributed by atoms with Crippen molar-refractivity contribution in [2.24, 2.45) is 0 Å². The molecule has 1 aromatic heterocycles. The van der Waals surface area contributed by atoms with E-state index in [1.165, 1.54) is 18.3 Å². The van der Waals surface area contributed by atoms with Crippen LogP contribution in [-0.2, 0) is 0 Å². The summed E-state index contributed by atoms with van der Waals surface area (Å²) in [5.74, 6) is -0.706. The molecule has 0 aliphatic rings. The number of carbonyl (C=O) groups excluding carboxylic acids is 1. The lowest BCUT2D eigenvalue weighted by Crippen LogP contribution is -2.04. The van der Waals surface area contributed by atoms with Gasteiger partial charge < -0.3 is 0 Å². The van der Waals surface area contributed by atoms with Crippen molar-refractivity contribution < 1.29 is 9.18 Å². The first-order valence-corrected chi connectivity index (χ1v) is 5.39. The minimum atomic E-state index is -0.516. The van der Waals surface area contributed by atoms with E-state index in [9.17, 15) is 9.18 Å². The van der Waals surface area contributed by atoms with Gasteiger partial charge in [0.25, 0.3) is 0 Å². The summed E-state index contributed by atoms with van der Waals surface area (Å²) in [5.41, 5.74) is -0.0194. The van der Waals surface area contributed by atoms with E-state index in [1.807, 2.05) is 0 Å². The Morgan fingerprint density at radius 1 is 1.40 bits per heavy atom. The van der Waals surface area contributed by atoms with Crippen LogP contribution in [0.2, 0.25) is 0 Å². The van der Waals surface area contributed by atoms with E-state index in [4.69, 9.17) is 0 Å². The number of halogens is 1. The van der Waals surface area contributed by atoms with Crippen LogP contribution in [0.3, 0.4) is 0 Å². The quantitative estimate of drug-likeness (QED) is 0.531. The summed E-state index contributed by atoms with van der Waals surface area (Å²) in [7, 11) is 0. The van der Waals surface area contributed by atoms with Gasteiger partial charge in [0.15, 0.2) is 11.6 Å². The second kappa shape index (κ2) is 6.27. The molecule has 0 spiro atoms. The van der Waals surface area contributed by atoms with Crippen molar-refractivity contribution in [1.82, 2.24) is 4.98 Å². The van der Waals surface area contributed by atoms with Gasteiger partial charge in [-0.25, -0.2) is 4.39 Å². The highest BCUT2D eigenvalue weighted by atomic mass is 19.1. The fourth-order valence-electron chi connectivity index (χ4n) is 1.42. The number of carbonyl (C=O) groups is 1. The molecule has 0 aliphatic heterocycles. The van der Waals surface area contributed by atoms with Crippen LogP contribution >= 0.6 is 0 Å². The van der Waals surface area contributed by atoms with Crippen LogP contribution in [0, 0.1) is 5.82 Å². The van der Waals surface area contributed by atoms with E-state index in [1.54, 1.807) is 0 Å². The number of hydrogen-bond acceptors (Lipinski definition) is 2. The van der Waals surface area contributed by atoms with Gasteiger partial charge in [0.1, 0.15) is 5.69 Å². The van der Waals surface area contributed by atoms with Gasteiger partial charge in [0, 0.05) is 12.6 Å². The Hall–Kier alpha value is -1.25. The Labute approximate surface area is 89.5 Å². The number of aromatic nitrogens is 1. The Balaban J connectivity index is 2.44. The summed E-state index contributed by atoms with van der Waals surface area (Å²) in [6.45, 7) is 2.11. The molecule has 0 unspecified atom stereocenters. The molecule has 1 rings (SSSR count). The molecule has 82 valence electrons. The number of ketones is 1. The summed E-state index contributed by atoms with van der Waals surface area (Å²) in [5, 5.41) is 0. The lowest BCUT2D eigenvalue weighted by atomic mass is 10.1. The lowest BCUT2D eigenvalue weighted by molar-refractivity contribution is 0.0970. The Morgan fingerprint density at radius 2 is 2.20 bits per heavy atom. The van der Waals surface area contributed by atoms with Crippen LogP contribution in [0.25, 0.3) is 0 Å². The molecular weight excluding hydrogens is 193 g/mol. The summed E-state index contributed by atoms with van der Waals surface area (Å²) in [6.07, 6.45) is 5.94. The van der Waals surface area contributed by atoms with Gasteiger partial charge in [-0.1, -0.05) is 26.2 Å². The monoisotopic (exact) mass is 209 g/mol. The minimum absolute atomic E-state index is 0.0194. The molecule has 2 nitrogen and oxygen atoms in total. The van der Waals surface area contributed by atoms with Crippen molar-refractivity contribution in [1.29, 1.82) is 0 Å². The first-order chi connectivity index (χ1) is 7.25. The van der Waals surface area contributed by atoms with Crippen molar-refractivity contribution >= 4 is 5.78 Å². The van der Waals surface area contributed by atoms with Crippen LogP contribution < -0.4 is 0 Å². The first kappa shape index (κ1) is 11.8. The maximum Gasteiger partial charge on any atom is 0.184 e. The number of rotatable bonds is 6. The molecular formula is C12H16FNO. The predicted molar refractivity (Wildman–Crippen MR) is 57.3 cm³/mol. The van der Waals surface area contributed by atoms with Gasteiger partial charge in [-0.15, -0.1) is 0 Å². The van der Waals surface area contributed by atoms with Crippen molar-refractivity contribution in [2.45, 2.75) is 39.0 Å². The zero-order valence-electron chi connectivity index (χ0n) is 9.00. The van der Waals surface area contributed by atoms with Crippen LogP contribution in [0.15, 0.2) is 18.3 Å². The maximum absolute atomic E-state index is 13.1. The number of pyridine rings is 1. The SMILES string of the molecule is CCCCCCC(=O)c1ncccc1F. The highest BCUT2D eigenvalue weighted by Crippen LogP contribution is 2.10. The predicted octanol–water partition coefficient (Wildman–Crippen LogP) is 3.37. The molecule has 0 radical (unpaired) electrons. The standard InChI is InChI=1S/C12H16FNO/c1-2-3-4-5-8-11(15)12-10(13)7-6-9-14-12/h6-7,9H,2-5,8H2,1H3. The van der Waals surface area contributed by atoms with Crippen LogP contribution in [0.5, 0.6) is 0 Å². The average molecular weight is 209 g/mol. The van der Waals surface area contributed by atoms with E-state index in [0.717, 1.165) is 25.7 Å². The summed E-state index contributed by atoms with van der Waals surface area (Å²) in [4.78, 5) is 15.3. The molecule has 0 atom stereocenters. The molecule has 0 N–H and O–H groups in total. The Bertz CT molecular complexity index is 325. The largest absolute Gasteiger partial charge is 0.292 e. The molecule has 0 bridgehead atoms. The van der Waals surface area contributed by atoms with Gasteiger partial charge in [-0.2, -0.15) is 0 Å². The average Bonchev–Trinajstić information content (AvgIpc) is 2.25. The van der Waals surface area contributed by atoms with Crippen LogP contribution in [0.1, 0.15) is 49.5 Å². The van der Waals surface area contributed by atoms with Crippen LogP contribution in [0.4, 0.5) is 4.39 Å². The Morgan fingerprint density at radius 3 is 2.87 bits per heavy atom. The lowest BCUT2D eigenvalue weighted by Gasteiger charge is -2.00. The van der Waals surface area contributed by atoms with E-state index >= 15 is 0 Å². The van der Waals surface area contributed by atoms with Crippen molar-refractivity contribution in [3.05, 3.63) is 29.8 Å². The molecule has 0 aromatic carbocycles. The molecule has 0 amide bonds. The molecule has 15 heavy (non-hydrogen) atoms. The second-order valence-corrected chi connectivity index (χ2v) is 3.57.